The molecule has 0 saturated carbocycles. The van der Waals surface area contributed by atoms with E-state index in [0.717, 1.165) is 25.7 Å². The summed E-state index contributed by atoms with van der Waals surface area (Å²) in [4.78, 5) is 0. The van der Waals surface area contributed by atoms with E-state index in [0.29, 0.717) is 12.2 Å². The van der Waals surface area contributed by atoms with Crippen LogP contribution < -0.4 is 4.74 Å². The van der Waals surface area contributed by atoms with Crippen LogP contribution in [-0.4, -0.2) is 38.3 Å². The molecular weight excluding hydrogens is 384 g/mol. The zero-order valence-electron chi connectivity index (χ0n) is 17.1. The third-order valence-electron chi connectivity index (χ3n) is 4.15. The second-order valence-corrected chi connectivity index (χ2v) is 7.48. The van der Waals surface area contributed by atoms with Crippen molar-refractivity contribution in [2.75, 3.05) is 13.2 Å². The van der Waals surface area contributed by atoms with Crippen LogP contribution in [0.1, 0.15) is 65.7 Å². The van der Waals surface area contributed by atoms with Crippen LogP contribution in [0.3, 0.4) is 0 Å². The van der Waals surface area contributed by atoms with Gasteiger partial charge in [0.05, 0.1) is 0 Å². The van der Waals surface area contributed by atoms with E-state index in [1.165, 1.54) is 12.8 Å². The number of hydrogen-bond acceptors (Lipinski definition) is 6. The summed E-state index contributed by atoms with van der Waals surface area (Å²) in [7, 11) is -4.84. The van der Waals surface area contributed by atoms with E-state index in [9.17, 15) is 13.0 Å². The smallest absolute Gasteiger partial charge is 0.402 e. The number of ether oxygens (including phenoxy) is 3. The Hall–Kier alpha value is -1.19. The van der Waals surface area contributed by atoms with Gasteiger partial charge >= 0.3 is 16.4 Å². The predicted octanol–water partition coefficient (Wildman–Crippen LogP) is 4.73. The topological polar surface area (TPSA) is 91.3 Å². The predicted molar refractivity (Wildman–Crippen MR) is 107 cm³/mol. The van der Waals surface area contributed by atoms with Crippen molar-refractivity contribution < 1.29 is 31.4 Å². The van der Waals surface area contributed by atoms with Crippen LogP contribution in [0.15, 0.2) is 30.3 Å². The summed E-state index contributed by atoms with van der Waals surface area (Å²) in [6.45, 7) is 5.76. The Bertz CT molecular complexity index is 613. The quantitative estimate of drug-likeness (QED) is 0.236. The van der Waals surface area contributed by atoms with Crippen molar-refractivity contribution >= 4 is 10.4 Å². The molecule has 0 aliphatic carbocycles. The van der Waals surface area contributed by atoms with Crippen molar-refractivity contribution in [1.82, 2.24) is 0 Å². The zero-order valence-corrected chi connectivity index (χ0v) is 17.9. The summed E-state index contributed by atoms with van der Waals surface area (Å²) in [5.41, 5.74) is 0. The molecule has 0 aliphatic heterocycles. The second kappa shape index (κ2) is 13.1. The van der Waals surface area contributed by atoms with Gasteiger partial charge in [-0.15, -0.1) is 0 Å². The lowest BCUT2D eigenvalue weighted by Crippen LogP contribution is -2.53. The maximum atomic E-state index is 11.5. The van der Waals surface area contributed by atoms with Crippen LogP contribution in [-0.2, 0) is 24.1 Å². The fraction of sp³-hybridized carbons (Fsp3) is 0.700. The zero-order chi connectivity index (χ0) is 20.9. The van der Waals surface area contributed by atoms with Crippen LogP contribution >= 0.6 is 0 Å². The first-order valence-electron chi connectivity index (χ1n) is 10.0. The molecule has 0 saturated heterocycles. The molecule has 7 nitrogen and oxygen atoms in total. The molecule has 1 N–H and O–H groups in total. The summed E-state index contributed by atoms with van der Waals surface area (Å²) in [6, 6.07) is 8.98. The minimum Gasteiger partial charge on any atom is -0.482 e. The van der Waals surface area contributed by atoms with E-state index >= 15 is 0 Å². The molecule has 0 radical (unpaired) electrons. The van der Waals surface area contributed by atoms with Gasteiger partial charge in [-0.3, -0.25) is 4.55 Å². The number of rotatable bonds is 16. The van der Waals surface area contributed by atoms with Gasteiger partial charge in [0.2, 0.25) is 0 Å². The molecular formula is C20H34O7S. The molecule has 28 heavy (non-hydrogen) atoms. The molecule has 0 bridgehead atoms. The molecule has 1 unspecified atom stereocenters. The van der Waals surface area contributed by atoms with Crippen molar-refractivity contribution in [3.63, 3.8) is 0 Å². The lowest BCUT2D eigenvalue weighted by atomic mass is 10.1. The van der Waals surface area contributed by atoms with Crippen LogP contribution in [0.4, 0.5) is 0 Å². The average Bonchev–Trinajstić information content (AvgIpc) is 2.63. The van der Waals surface area contributed by atoms with Crippen molar-refractivity contribution in [2.45, 2.75) is 77.8 Å². The van der Waals surface area contributed by atoms with E-state index in [1.54, 1.807) is 26.0 Å². The second-order valence-electron chi connectivity index (χ2n) is 6.46. The van der Waals surface area contributed by atoms with E-state index in [1.807, 2.05) is 18.2 Å². The molecule has 0 amide bonds. The van der Waals surface area contributed by atoms with Crippen molar-refractivity contribution in [3.05, 3.63) is 30.3 Å². The molecule has 0 aliphatic rings. The van der Waals surface area contributed by atoms with Crippen LogP contribution in [0.2, 0.25) is 0 Å². The van der Waals surface area contributed by atoms with E-state index in [-0.39, 0.29) is 13.2 Å². The normalized spacial score (nSPS) is 13.4. The fourth-order valence-corrected chi connectivity index (χ4v) is 3.46. The molecule has 0 aromatic heterocycles. The summed E-state index contributed by atoms with van der Waals surface area (Å²) < 4.78 is 54.4. The van der Waals surface area contributed by atoms with Crippen molar-refractivity contribution in [3.8, 4) is 5.75 Å². The van der Waals surface area contributed by atoms with Crippen LogP contribution in [0.5, 0.6) is 5.75 Å². The van der Waals surface area contributed by atoms with E-state index in [2.05, 4.69) is 6.92 Å². The lowest BCUT2D eigenvalue weighted by Gasteiger charge is -2.37. The standard InChI is InChI=1S/C20H34O7S/c1-4-7-8-9-10-14-17-19(26-18-15-12-11-13-16-18)20(24-5-2,25-6-3)27-28(21,22)23/h11-13,15-16,19H,4-10,14,17H2,1-3H3,(H,21,22,23). The molecule has 162 valence electrons. The highest BCUT2D eigenvalue weighted by Gasteiger charge is 2.48. The summed E-state index contributed by atoms with van der Waals surface area (Å²) in [6.07, 6.45) is 5.90. The molecule has 1 atom stereocenters. The third-order valence-corrected chi connectivity index (χ3v) is 4.59. The summed E-state index contributed by atoms with van der Waals surface area (Å²) >= 11 is 0. The Morgan fingerprint density at radius 3 is 2.04 bits per heavy atom. The first kappa shape index (κ1) is 24.8. The van der Waals surface area contributed by atoms with Gasteiger partial charge in [0.1, 0.15) is 5.75 Å². The first-order valence-corrected chi connectivity index (χ1v) is 11.4. The average molecular weight is 419 g/mol. The number of hydrogen-bond donors (Lipinski definition) is 1. The van der Waals surface area contributed by atoms with E-state index in [4.69, 9.17) is 18.4 Å². The summed E-state index contributed by atoms with van der Waals surface area (Å²) in [5.74, 6) is -1.53. The van der Waals surface area contributed by atoms with E-state index < -0.39 is 22.5 Å². The van der Waals surface area contributed by atoms with Gasteiger partial charge in [0, 0.05) is 13.2 Å². The Balaban J connectivity index is 3.02. The van der Waals surface area contributed by atoms with Crippen LogP contribution in [0, 0.1) is 0 Å². The van der Waals surface area contributed by atoms with Gasteiger partial charge in [-0.1, -0.05) is 57.2 Å². The maximum absolute atomic E-state index is 11.5. The molecule has 0 heterocycles. The highest BCUT2D eigenvalue weighted by Crippen LogP contribution is 2.30. The minimum absolute atomic E-state index is 0.112. The van der Waals surface area contributed by atoms with Gasteiger partial charge in [-0.25, -0.2) is 0 Å². The SMILES string of the molecule is CCCCCCCCC(Oc1ccccc1)C(OCC)(OCC)OS(=O)(=O)O. The van der Waals surface area contributed by atoms with Crippen molar-refractivity contribution in [1.29, 1.82) is 0 Å². The Labute approximate surface area is 169 Å². The Morgan fingerprint density at radius 1 is 0.929 bits per heavy atom. The number of para-hydroxylation sites is 1. The summed E-state index contributed by atoms with van der Waals surface area (Å²) in [5, 5.41) is 0. The Kier molecular flexibility index (Phi) is 11.6. The monoisotopic (exact) mass is 418 g/mol. The number of benzene rings is 1. The van der Waals surface area contributed by atoms with Gasteiger partial charge in [-0.2, -0.15) is 12.6 Å². The van der Waals surface area contributed by atoms with Crippen LogP contribution in [0.25, 0.3) is 0 Å². The molecule has 1 aromatic rings. The molecule has 8 heteroatoms. The molecule has 1 aromatic carbocycles. The molecule has 0 spiro atoms. The largest absolute Gasteiger partial charge is 0.482 e. The van der Waals surface area contributed by atoms with Gasteiger partial charge in [-0.05, 0) is 38.8 Å². The molecule has 0 fully saturated rings. The molecule has 1 rings (SSSR count). The number of unbranched alkanes of at least 4 members (excludes halogenated alkanes) is 5. The van der Waals surface area contributed by atoms with Gasteiger partial charge < -0.3 is 14.2 Å². The first-order chi connectivity index (χ1) is 13.4. The highest BCUT2D eigenvalue weighted by molar-refractivity contribution is 7.80. The fourth-order valence-electron chi connectivity index (χ4n) is 2.96. The lowest BCUT2D eigenvalue weighted by molar-refractivity contribution is -0.374. The minimum atomic E-state index is -4.84. The van der Waals surface area contributed by atoms with Crippen molar-refractivity contribution in [2.24, 2.45) is 0 Å². The van der Waals surface area contributed by atoms with Gasteiger partial charge in [0.25, 0.3) is 0 Å². The highest BCUT2D eigenvalue weighted by atomic mass is 32.3. The maximum Gasteiger partial charge on any atom is 0.402 e. The Morgan fingerprint density at radius 2 is 1.50 bits per heavy atom. The van der Waals surface area contributed by atoms with Gasteiger partial charge in [0.15, 0.2) is 6.10 Å². The third kappa shape index (κ3) is 9.34.